The van der Waals surface area contributed by atoms with E-state index in [1.165, 1.54) is 70.8 Å². The predicted molar refractivity (Wildman–Crippen MR) is 83.2 cm³/mol. The van der Waals surface area contributed by atoms with Crippen molar-refractivity contribution in [2.45, 2.75) is 83.6 Å². The molecule has 0 aromatic rings. The molecule has 0 radical (unpaired) electrons. The van der Waals surface area contributed by atoms with Gasteiger partial charge in [-0.25, -0.2) is 0 Å². The number of nitrogens with two attached hydrogens (primary N) is 1. The minimum Gasteiger partial charge on any atom is -0.324 e. The summed E-state index contributed by atoms with van der Waals surface area (Å²) in [5.74, 6) is 0.821. The maximum Gasteiger partial charge on any atom is 0.0280 e. The van der Waals surface area contributed by atoms with Crippen molar-refractivity contribution in [2.24, 2.45) is 17.1 Å². The zero-order valence-corrected chi connectivity index (χ0v) is 13.1. The zero-order chi connectivity index (χ0) is 13.8. The van der Waals surface area contributed by atoms with Gasteiger partial charge < -0.3 is 11.1 Å². The van der Waals surface area contributed by atoms with E-state index >= 15 is 0 Å². The highest BCUT2D eigenvalue weighted by Gasteiger charge is 2.35. The van der Waals surface area contributed by atoms with Gasteiger partial charge >= 0.3 is 0 Å². The highest BCUT2D eigenvalue weighted by Crippen LogP contribution is 2.42. The van der Waals surface area contributed by atoms with Crippen LogP contribution in [-0.2, 0) is 0 Å². The first-order valence-electron chi connectivity index (χ1n) is 8.53. The molecule has 2 aliphatic rings. The van der Waals surface area contributed by atoms with E-state index < -0.39 is 0 Å². The van der Waals surface area contributed by atoms with Gasteiger partial charge in [0.15, 0.2) is 0 Å². The van der Waals surface area contributed by atoms with Crippen LogP contribution in [0.15, 0.2) is 0 Å². The van der Waals surface area contributed by atoms with Crippen LogP contribution in [0.2, 0.25) is 0 Å². The first kappa shape index (κ1) is 15.3. The van der Waals surface area contributed by atoms with Crippen LogP contribution in [0.25, 0.3) is 0 Å². The van der Waals surface area contributed by atoms with Gasteiger partial charge in [0.25, 0.3) is 0 Å². The third-order valence-electron chi connectivity index (χ3n) is 5.33. The molecule has 0 aromatic heterocycles. The van der Waals surface area contributed by atoms with Gasteiger partial charge in [0.1, 0.15) is 0 Å². The van der Waals surface area contributed by atoms with Crippen LogP contribution in [0.4, 0.5) is 0 Å². The van der Waals surface area contributed by atoms with Crippen LogP contribution in [0.1, 0.15) is 78.1 Å². The van der Waals surface area contributed by atoms with E-state index in [4.69, 9.17) is 5.73 Å². The lowest BCUT2D eigenvalue weighted by Crippen LogP contribution is -2.51. The summed E-state index contributed by atoms with van der Waals surface area (Å²) >= 11 is 0. The summed E-state index contributed by atoms with van der Waals surface area (Å²) in [6.45, 7) is 6.97. The fraction of sp³-hybridized carbons (Fsp3) is 1.00. The minimum atomic E-state index is 0.0931. The Kier molecular flexibility index (Phi) is 5.30. The van der Waals surface area contributed by atoms with Crippen molar-refractivity contribution in [2.75, 3.05) is 13.1 Å². The Hall–Kier alpha value is -0.0800. The second kappa shape index (κ2) is 6.58. The quantitative estimate of drug-likeness (QED) is 0.766. The van der Waals surface area contributed by atoms with Crippen molar-refractivity contribution in [1.82, 2.24) is 5.32 Å². The highest BCUT2D eigenvalue weighted by molar-refractivity contribution is 4.92. The summed E-state index contributed by atoms with van der Waals surface area (Å²) in [5, 5.41) is 3.76. The summed E-state index contributed by atoms with van der Waals surface area (Å²) in [5.41, 5.74) is 7.20. The molecule has 2 heteroatoms. The monoisotopic (exact) mass is 266 g/mol. The minimum absolute atomic E-state index is 0.0931. The second-order valence-corrected chi connectivity index (χ2v) is 7.83. The lowest BCUT2D eigenvalue weighted by Gasteiger charge is -2.37. The lowest BCUT2D eigenvalue weighted by atomic mass is 9.78. The van der Waals surface area contributed by atoms with E-state index in [2.05, 4.69) is 19.2 Å². The van der Waals surface area contributed by atoms with Gasteiger partial charge in [-0.1, -0.05) is 46.0 Å². The van der Waals surface area contributed by atoms with Gasteiger partial charge in [-0.2, -0.15) is 0 Å². The van der Waals surface area contributed by atoms with Crippen LogP contribution in [0.3, 0.4) is 0 Å². The summed E-state index contributed by atoms with van der Waals surface area (Å²) in [6, 6.07) is 0. The van der Waals surface area contributed by atoms with Crippen LogP contribution in [0.5, 0.6) is 0 Å². The summed E-state index contributed by atoms with van der Waals surface area (Å²) in [7, 11) is 0. The van der Waals surface area contributed by atoms with E-state index in [0.717, 1.165) is 12.5 Å². The van der Waals surface area contributed by atoms with Crippen molar-refractivity contribution < 1.29 is 0 Å². The molecule has 2 rings (SSSR count). The van der Waals surface area contributed by atoms with E-state index in [0.29, 0.717) is 5.41 Å². The molecule has 0 atom stereocenters. The molecule has 19 heavy (non-hydrogen) atoms. The smallest absolute Gasteiger partial charge is 0.0280 e. The normalized spacial score (nSPS) is 25.9. The Morgan fingerprint density at radius 3 is 2.05 bits per heavy atom. The van der Waals surface area contributed by atoms with Crippen LogP contribution in [0, 0.1) is 11.3 Å². The topological polar surface area (TPSA) is 38.0 Å². The summed E-state index contributed by atoms with van der Waals surface area (Å²) < 4.78 is 0. The number of hydrogen-bond donors (Lipinski definition) is 2. The van der Waals surface area contributed by atoms with Gasteiger partial charge in [-0.05, 0) is 43.4 Å². The number of nitrogens with one attached hydrogen (secondary N) is 1. The molecule has 2 aliphatic carbocycles. The van der Waals surface area contributed by atoms with Crippen LogP contribution in [-0.4, -0.2) is 18.6 Å². The van der Waals surface area contributed by atoms with Crippen molar-refractivity contribution >= 4 is 0 Å². The van der Waals surface area contributed by atoms with Crippen LogP contribution < -0.4 is 11.1 Å². The SMILES string of the molecule is CC(C)CC1(CNCC2(N)CCCCC2)CCCC1. The van der Waals surface area contributed by atoms with Gasteiger partial charge in [0.05, 0.1) is 0 Å². The Labute approximate surface area is 119 Å². The first-order valence-corrected chi connectivity index (χ1v) is 8.53. The molecule has 0 saturated heterocycles. The molecule has 0 aliphatic heterocycles. The number of hydrogen-bond acceptors (Lipinski definition) is 2. The maximum atomic E-state index is 6.53. The highest BCUT2D eigenvalue weighted by atomic mass is 14.9. The fourth-order valence-corrected chi connectivity index (χ4v) is 4.45. The van der Waals surface area contributed by atoms with Crippen LogP contribution >= 0.6 is 0 Å². The van der Waals surface area contributed by atoms with E-state index in [1.54, 1.807) is 0 Å². The molecule has 2 fully saturated rings. The first-order chi connectivity index (χ1) is 9.04. The molecular weight excluding hydrogens is 232 g/mol. The zero-order valence-electron chi connectivity index (χ0n) is 13.1. The molecule has 2 nitrogen and oxygen atoms in total. The molecule has 3 N–H and O–H groups in total. The van der Waals surface area contributed by atoms with Gasteiger partial charge in [0, 0.05) is 18.6 Å². The van der Waals surface area contributed by atoms with Crippen molar-refractivity contribution in [3.05, 3.63) is 0 Å². The molecule has 2 saturated carbocycles. The lowest BCUT2D eigenvalue weighted by molar-refractivity contribution is 0.206. The van der Waals surface area contributed by atoms with Gasteiger partial charge in [0.2, 0.25) is 0 Å². The van der Waals surface area contributed by atoms with Crippen molar-refractivity contribution in [3.63, 3.8) is 0 Å². The summed E-state index contributed by atoms with van der Waals surface area (Å²) in [6.07, 6.45) is 13.6. The van der Waals surface area contributed by atoms with E-state index in [9.17, 15) is 0 Å². The molecule has 112 valence electrons. The van der Waals surface area contributed by atoms with E-state index in [-0.39, 0.29) is 5.54 Å². The van der Waals surface area contributed by atoms with Crippen molar-refractivity contribution in [1.29, 1.82) is 0 Å². The van der Waals surface area contributed by atoms with Crippen molar-refractivity contribution in [3.8, 4) is 0 Å². The molecule has 0 bridgehead atoms. The molecular formula is C17H34N2. The third kappa shape index (κ3) is 4.46. The number of rotatable bonds is 6. The maximum absolute atomic E-state index is 6.53. The largest absolute Gasteiger partial charge is 0.324 e. The predicted octanol–water partition coefficient (Wildman–Crippen LogP) is 3.84. The standard InChI is InChI=1S/C17H34N2/c1-15(2)12-16(8-6-7-9-16)13-19-14-17(18)10-4-3-5-11-17/h15,19H,3-14,18H2,1-2H3. The average Bonchev–Trinajstić information content (AvgIpc) is 2.77. The molecule has 0 aromatic carbocycles. The average molecular weight is 266 g/mol. The Balaban J connectivity index is 1.79. The van der Waals surface area contributed by atoms with Gasteiger partial charge in [-0.3, -0.25) is 0 Å². The Morgan fingerprint density at radius 2 is 1.47 bits per heavy atom. The Morgan fingerprint density at radius 1 is 0.895 bits per heavy atom. The Bertz CT molecular complexity index is 260. The second-order valence-electron chi connectivity index (χ2n) is 7.83. The molecule has 0 heterocycles. The molecule has 0 unspecified atom stereocenters. The third-order valence-corrected chi connectivity index (χ3v) is 5.33. The molecule has 0 spiro atoms. The van der Waals surface area contributed by atoms with E-state index in [1.807, 2.05) is 0 Å². The fourth-order valence-electron chi connectivity index (χ4n) is 4.45. The summed E-state index contributed by atoms with van der Waals surface area (Å²) in [4.78, 5) is 0. The molecule has 0 amide bonds. The van der Waals surface area contributed by atoms with Gasteiger partial charge in [-0.15, -0.1) is 0 Å².